The first-order valence-electron chi connectivity index (χ1n) is 4.06. The molecule has 0 aromatic carbocycles. The first-order valence-corrected chi connectivity index (χ1v) is 4.06. The lowest BCUT2D eigenvalue weighted by molar-refractivity contribution is 0.451. The van der Waals surface area contributed by atoms with Crippen molar-refractivity contribution in [2.24, 2.45) is 17.8 Å². The number of hydrogen-bond acceptors (Lipinski definition) is 0. The molecule has 3 atom stereocenters. The fourth-order valence-electron chi connectivity index (χ4n) is 1.90. The molecule has 0 saturated heterocycles. The summed E-state index contributed by atoms with van der Waals surface area (Å²) in [4.78, 5) is 0. The van der Waals surface area contributed by atoms with Crippen LogP contribution in [0.1, 0.15) is 26.7 Å². The first kappa shape index (κ1) is 5.52. The standard InChI is InChI=1S/C9H14/c1-3-4-6(2)9-7-5-8(7)9/h5-7,9H,3-4H2,1-2H3. The van der Waals surface area contributed by atoms with Gasteiger partial charge in [-0.1, -0.05) is 38.3 Å². The van der Waals surface area contributed by atoms with E-state index in [1.807, 2.05) is 0 Å². The fourth-order valence-corrected chi connectivity index (χ4v) is 1.90. The molecule has 0 aliphatic heterocycles. The second kappa shape index (κ2) is 1.62. The smallest absolute Gasteiger partial charge is 0.00515 e. The van der Waals surface area contributed by atoms with Crippen LogP contribution in [0.15, 0.2) is 11.6 Å². The van der Waals surface area contributed by atoms with Crippen molar-refractivity contribution in [3.8, 4) is 0 Å². The Morgan fingerprint density at radius 3 is 2.67 bits per heavy atom. The molecule has 0 N–H and O–H groups in total. The molecular formula is C9H14. The van der Waals surface area contributed by atoms with Gasteiger partial charge in [-0.15, -0.1) is 0 Å². The SMILES string of the molecule is CCCC(C)C1C2=CC21. The van der Waals surface area contributed by atoms with E-state index in [-0.39, 0.29) is 0 Å². The van der Waals surface area contributed by atoms with Crippen LogP contribution in [-0.2, 0) is 0 Å². The largest absolute Gasteiger partial charge is 0.0766 e. The van der Waals surface area contributed by atoms with E-state index in [0.29, 0.717) is 0 Å². The van der Waals surface area contributed by atoms with Crippen LogP contribution in [-0.4, -0.2) is 0 Å². The normalized spacial score (nSPS) is 39.1. The number of allylic oxidation sites excluding steroid dienone is 2. The van der Waals surface area contributed by atoms with Crippen LogP contribution in [0, 0.1) is 17.8 Å². The minimum Gasteiger partial charge on any atom is -0.0766 e. The summed E-state index contributed by atoms with van der Waals surface area (Å²) in [5.74, 6) is 3.04. The molecule has 0 spiro atoms. The van der Waals surface area contributed by atoms with Gasteiger partial charge in [-0.3, -0.25) is 0 Å². The van der Waals surface area contributed by atoms with Gasteiger partial charge >= 0.3 is 0 Å². The van der Waals surface area contributed by atoms with E-state index in [9.17, 15) is 0 Å². The molecule has 0 aromatic rings. The molecule has 1 fully saturated rings. The molecule has 2 aliphatic carbocycles. The molecular weight excluding hydrogens is 108 g/mol. The molecule has 50 valence electrons. The number of fused-ring (bicyclic) bond motifs is 1. The first-order chi connectivity index (χ1) is 4.34. The summed E-state index contributed by atoms with van der Waals surface area (Å²) in [6.45, 7) is 4.67. The third kappa shape index (κ3) is 0.726. The summed E-state index contributed by atoms with van der Waals surface area (Å²) in [7, 11) is 0. The third-order valence-corrected chi connectivity index (χ3v) is 2.67. The molecule has 0 nitrogen and oxygen atoms in total. The van der Waals surface area contributed by atoms with Gasteiger partial charge in [0.1, 0.15) is 0 Å². The minimum atomic E-state index is 0.986. The van der Waals surface area contributed by atoms with E-state index < -0.39 is 0 Å². The highest BCUT2D eigenvalue weighted by Crippen LogP contribution is 2.64. The maximum absolute atomic E-state index is 2.40. The highest BCUT2D eigenvalue weighted by Gasteiger charge is 2.55. The summed E-state index contributed by atoms with van der Waals surface area (Å²) >= 11 is 0. The average molecular weight is 122 g/mol. The van der Waals surface area contributed by atoms with E-state index in [4.69, 9.17) is 0 Å². The Morgan fingerprint density at radius 2 is 2.33 bits per heavy atom. The van der Waals surface area contributed by atoms with Crippen LogP contribution in [0.3, 0.4) is 0 Å². The van der Waals surface area contributed by atoms with Crippen LogP contribution in [0.5, 0.6) is 0 Å². The van der Waals surface area contributed by atoms with Crippen molar-refractivity contribution in [1.29, 1.82) is 0 Å². The Labute approximate surface area is 57.0 Å². The molecule has 0 heteroatoms. The Morgan fingerprint density at radius 1 is 1.67 bits per heavy atom. The van der Waals surface area contributed by atoms with Gasteiger partial charge in [-0.25, -0.2) is 0 Å². The fraction of sp³-hybridized carbons (Fsp3) is 0.778. The van der Waals surface area contributed by atoms with Gasteiger partial charge in [0, 0.05) is 5.92 Å². The van der Waals surface area contributed by atoms with Crippen LogP contribution < -0.4 is 0 Å². The van der Waals surface area contributed by atoms with E-state index >= 15 is 0 Å². The van der Waals surface area contributed by atoms with E-state index in [2.05, 4.69) is 19.9 Å². The molecule has 0 aromatic heterocycles. The van der Waals surface area contributed by atoms with Gasteiger partial charge in [-0.2, -0.15) is 0 Å². The minimum absolute atomic E-state index is 0.986. The number of hydrogen-bond donors (Lipinski definition) is 0. The van der Waals surface area contributed by atoms with Crippen LogP contribution in [0.2, 0.25) is 0 Å². The second-order valence-corrected chi connectivity index (χ2v) is 3.48. The summed E-state index contributed by atoms with van der Waals surface area (Å²) in [5, 5.41) is 0. The number of rotatable bonds is 3. The predicted octanol–water partition coefficient (Wildman–Crippen LogP) is 2.61. The molecule has 1 saturated carbocycles. The average Bonchev–Trinajstić information content (AvgIpc) is 2.46. The summed E-state index contributed by atoms with van der Waals surface area (Å²) in [6, 6.07) is 0. The van der Waals surface area contributed by atoms with Crippen molar-refractivity contribution in [3.63, 3.8) is 0 Å². The van der Waals surface area contributed by atoms with E-state index in [1.165, 1.54) is 12.8 Å². The molecule has 0 bridgehead atoms. The van der Waals surface area contributed by atoms with Crippen molar-refractivity contribution in [3.05, 3.63) is 11.6 Å². The van der Waals surface area contributed by atoms with E-state index in [1.54, 1.807) is 5.57 Å². The maximum atomic E-state index is 2.40. The second-order valence-electron chi connectivity index (χ2n) is 3.48. The third-order valence-electron chi connectivity index (χ3n) is 2.67. The monoisotopic (exact) mass is 122 g/mol. The van der Waals surface area contributed by atoms with Gasteiger partial charge in [0.05, 0.1) is 0 Å². The molecule has 9 heavy (non-hydrogen) atoms. The lowest BCUT2D eigenvalue weighted by Gasteiger charge is -2.08. The van der Waals surface area contributed by atoms with Gasteiger partial charge in [0.2, 0.25) is 0 Å². The molecule has 0 amide bonds. The lowest BCUT2D eigenvalue weighted by Crippen LogP contribution is -1.99. The van der Waals surface area contributed by atoms with Crippen molar-refractivity contribution in [2.45, 2.75) is 26.7 Å². The van der Waals surface area contributed by atoms with Crippen molar-refractivity contribution in [1.82, 2.24) is 0 Å². The molecule has 0 heterocycles. The topological polar surface area (TPSA) is 0 Å². The Kier molecular flexibility index (Phi) is 0.992. The van der Waals surface area contributed by atoms with Crippen molar-refractivity contribution < 1.29 is 0 Å². The quantitative estimate of drug-likeness (QED) is 0.505. The highest BCUT2D eigenvalue weighted by molar-refractivity contribution is 5.51. The van der Waals surface area contributed by atoms with Crippen LogP contribution >= 0.6 is 0 Å². The highest BCUT2D eigenvalue weighted by atomic mass is 14.6. The zero-order chi connectivity index (χ0) is 6.43. The van der Waals surface area contributed by atoms with Crippen LogP contribution in [0.25, 0.3) is 0 Å². The molecule has 2 rings (SSSR count). The summed E-state index contributed by atoms with van der Waals surface area (Å²) in [6.07, 6.45) is 5.19. The maximum Gasteiger partial charge on any atom is 0.00515 e. The zero-order valence-corrected chi connectivity index (χ0v) is 6.22. The Hall–Kier alpha value is -0.260. The summed E-state index contributed by atoms with van der Waals surface area (Å²) < 4.78 is 0. The molecule has 2 aliphatic rings. The van der Waals surface area contributed by atoms with Gasteiger partial charge in [0.15, 0.2) is 0 Å². The van der Waals surface area contributed by atoms with E-state index in [0.717, 1.165) is 17.8 Å². The van der Waals surface area contributed by atoms with Gasteiger partial charge < -0.3 is 0 Å². The van der Waals surface area contributed by atoms with Crippen molar-refractivity contribution in [2.75, 3.05) is 0 Å². The van der Waals surface area contributed by atoms with Gasteiger partial charge in [0.25, 0.3) is 0 Å². The Balaban J connectivity index is 1.78. The molecule has 3 unspecified atom stereocenters. The lowest BCUT2D eigenvalue weighted by atomic mass is 9.97. The Bertz CT molecular complexity index is 155. The zero-order valence-electron chi connectivity index (χ0n) is 6.22. The van der Waals surface area contributed by atoms with Crippen molar-refractivity contribution >= 4 is 0 Å². The molecule has 0 radical (unpaired) electrons. The van der Waals surface area contributed by atoms with Gasteiger partial charge in [-0.05, 0) is 11.8 Å². The predicted molar refractivity (Wildman–Crippen MR) is 39.1 cm³/mol. The van der Waals surface area contributed by atoms with Crippen LogP contribution in [0.4, 0.5) is 0 Å². The summed E-state index contributed by atoms with van der Waals surface area (Å²) in [5.41, 5.74) is 1.77.